The maximum atomic E-state index is 13.7. The number of pyridine rings is 1. The van der Waals surface area contributed by atoms with Gasteiger partial charge in [-0.2, -0.15) is 0 Å². The van der Waals surface area contributed by atoms with E-state index in [9.17, 15) is 18.0 Å². The molecule has 0 spiro atoms. The van der Waals surface area contributed by atoms with Gasteiger partial charge in [-0.1, -0.05) is 0 Å². The van der Waals surface area contributed by atoms with E-state index in [0.717, 1.165) is 6.07 Å². The normalized spacial score (nSPS) is 10.3. The van der Waals surface area contributed by atoms with Gasteiger partial charge < -0.3 is 15.0 Å². The zero-order valence-electron chi connectivity index (χ0n) is 12.7. The molecular formula is C15H14F3N3O2. The number of methoxy groups -OCH3 is 1. The molecule has 8 heteroatoms. The van der Waals surface area contributed by atoms with Gasteiger partial charge in [-0.15, -0.1) is 0 Å². The smallest absolute Gasteiger partial charge is 0.258 e. The largest absolute Gasteiger partial charge is 0.479 e. The highest BCUT2D eigenvalue weighted by Gasteiger charge is 2.21. The molecule has 1 aromatic carbocycles. The molecule has 1 amide bonds. The summed E-state index contributed by atoms with van der Waals surface area (Å²) >= 11 is 0. The minimum Gasteiger partial charge on any atom is -0.479 e. The molecule has 0 aliphatic rings. The van der Waals surface area contributed by atoms with Crippen molar-refractivity contribution in [3.63, 3.8) is 0 Å². The number of rotatable bonds is 4. The summed E-state index contributed by atoms with van der Waals surface area (Å²) in [6.07, 6.45) is 1.47. The van der Waals surface area contributed by atoms with Gasteiger partial charge in [0.15, 0.2) is 17.5 Å². The highest BCUT2D eigenvalue weighted by Crippen LogP contribution is 2.32. The Morgan fingerprint density at radius 2 is 1.87 bits per heavy atom. The van der Waals surface area contributed by atoms with Crippen molar-refractivity contribution in [2.24, 2.45) is 0 Å². The molecule has 5 nitrogen and oxygen atoms in total. The van der Waals surface area contributed by atoms with Crippen molar-refractivity contribution in [3.8, 4) is 5.88 Å². The Bertz CT molecular complexity index is 751. The lowest BCUT2D eigenvalue weighted by Crippen LogP contribution is -2.19. The molecule has 0 saturated carbocycles. The van der Waals surface area contributed by atoms with Gasteiger partial charge in [0.05, 0.1) is 18.4 Å². The summed E-state index contributed by atoms with van der Waals surface area (Å²) in [6, 6.07) is 3.15. The number of anilines is 2. The van der Waals surface area contributed by atoms with Gasteiger partial charge in [-0.05, 0) is 18.2 Å². The van der Waals surface area contributed by atoms with Crippen LogP contribution in [0, 0.1) is 17.5 Å². The predicted octanol–water partition coefficient (Wildman–Crippen LogP) is 2.83. The van der Waals surface area contributed by atoms with Gasteiger partial charge in [-0.3, -0.25) is 4.79 Å². The fourth-order valence-corrected chi connectivity index (χ4v) is 1.96. The summed E-state index contributed by atoms with van der Waals surface area (Å²) in [5, 5.41) is 2.42. The standard InChI is InChI=1S/C15H14F3N3O2/c1-21(2)10-6-7-19-15(23-3)13(10)20-14(22)8-4-5-9(16)12(18)11(8)17/h4-7H,1-3H3,(H,20,22). The second-order valence-electron chi connectivity index (χ2n) is 4.79. The van der Waals surface area contributed by atoms with Gasteiger partial charge in [0.1, 0.15) is 5.69 Å². The van der Waals surface area contributed by atoms with E-state index in [2.05, 4.69) is 10.3 Å². The summed E-state index contributed by atoms with van der Waals surface area (Å²) in [5.74, 6) is -5.48. The molecule has 0 unspecified atom stereocenters. The van der Waals surface area contributed by atoms with Crippen molar-refractivity contribution in [1.82, 2.24) is 4.98 Å². The lowest BCUT2D eigenvalue weighted by Gasteiger charge is -2.19. The van der Waals surface area contributed by atoms with Gasteiger partial charge in [0, 0.05) is 20.3 Å². The van der Waals surface area contributed by atoms with Crippen LogP contribution in [0.3, 0.4) is 0 Å². The quantitative estimate of drug-likeness (QED) is 0.878. The zero-order valence-corrected chi connectivity index (χ0v) is 12.7. The molecule has 2 aromatic rings. The molecule has 122 valence electrons. The predicted molar refractivity (Wildman–Crippen MR) is 79.4 cm³/mol. The van der Waals surface area contributed by atoms with E-state index in [1.54, 1.807) is 25.1 Å². The third-order valence-electron chi connectivity index (χ3n) is 3.09. The van der Waals surface area contributed by atoms with Crippen LogP contribution < -0.4 is 15.0 Å². The molecule has 0 atom stereocenters. The van der Waals surface area contributed by atoms with Crippen LogP contribution in [-0.2, 0) is 0 Å². The molecule has 0 fully saturated rings. The van der Waals surface area contributed by atoms with Crippen LogP contribution in [0.4, 0.5) is 24.5 Å². The van der Waals surface area contributed by atoms with Crippen molar-refractivity contribution in [2.45, 2.75) is 0 Å². The average molecular weight is 325 g/mol. The second kappa shape index (κ2) is 6.55. The first-order valence-corrected chi connectivity index (χ1v) is 6.52. The van der Waals surface area contributed by atoms with E-state index in [0.29, 0.717) is 11.8 Å². The average Bonchev–Trinajstić information content (AvgIpc) is 2.52. The van der Waals surface area contributed by atoms with Crippen LogP contribution in [-0.4, -0.2) is 32.1 Å². The van der Waals surface area contributed by atoms with Crippen molar-refractivity contribution in [1.29, 1.82) is 0 Å². The van der Waals surface area contributed by atoms with Crippen LogP contribution >= 0.6 is 0 Å². The van der Waals surface area contributed by atoms with Crippen molar-refractivity contribution < 1.29 is 22.7 Å². The first-order chi connectivity index (χ1) is 10.9. The Hall–Kier alpha value is -2.77. The molecule has 0 saturated heterocycles. The number of ether oxygens (including phenoxy) is 1. The first-order valence-electron chi connectivity index (χ1n) is 6.52. The van der Waals surface area contributed by atoms with Crippen LogP contribution in [0.2, 0.25) is 0 Å². The molecule has 0 aliphatic heterocycles. The van der Waals surface area contributed by atoms with Gasteiger partial charge in [0.25, 0.3) is 5.91 Å². The number of halogens is 3. The van der Waals surface area contributed by atoms with Crippen LogP contribution in [0.25, 0.3) is 0 Å². The molecule has 0 radical (unpaired) electrons. The zero-order chi connectivity index (χ0) is 17.1. The summed E-state index contributed by atoms with van der Waals surface area (Å²) in [6.45, 7) is 0. The lowest BCUT2D eigenvalue weighted by atomic mass is 10.1. The lowest BCUT2D eigenvalue weighted by molar-refractivity contribution is 0.102. The molecule has 23 heavy (non-hydrogen) atoms. The minimum absolute atomic E-state index is 0.104. The number of amides is 1. The number of benzene rings is 1. The van der Waals surface area contributed by atoms with Crippen molar-refractivity contribution >= 4 is 17.3 Å². The van der Waals surface area contributed by atoms with Crippen molar-refractivity contribution in [2.75, 3.05) is 31.4 Å². The molecular weight excluding hydrogens is 311 g/mol. The highest BCUT2D eigenvalue weighted by molar-refractivity contribution is 6.07. The molecule has 1 aromatic heterocycles. The second-order valence-corrected chi connectivity index (χ2v) is 4.79. The minimum atomic E-state index is -1.70. The Kier molecular flexibility index (Phi) is 4.73. The number of carbonyl (C=O) groups is 1. The van der Waals surface area contributed by atoms with Crippen LogP contribution in [0.5, 0.6) is 5.88 Å². The summed E-state index contributed by atoms with van der Waals surface area (Å²) in [5.41, 5.74) is 0.113. The fraction of sp³-hybridized carbons (Fsp3) is 0.200. The first kappa shape index (κ1) is 16.6. The number of nitrogens with zero attached hydrogens (tertiary/aromatic N) is 2. The molecule has 1 heterocycles. The third-order valence-corrected chi connectivity index (χ3v) is 3.09. The van der Waals surface area contributed by atoms with E-state index < -0.39 is 28.9 Å². The van der Waals surface area contributed by atoms with Gasteiger partial charge >= 0.3 is 0 Å². The van der Waals surface area contributed by atoms with E-state index in [1.165, 1.54) is 13.3 Å². The van der Waals surface area contributed by atoms with E-state index in [1.807, 2.05) is 0 Å². The van der Waals surface area contributed by atoms with E-state index in [4.69, 9.17) is 4.74 Å². The number of aromatic nitrogens is 1. The van der Waals surface area contributed by atoms with Gasteiger partial charge in [0.2, 0.25) is 5.88 Å². The molecule has 2 rings (SSSR count). The topological polar surface area (TPSA) is 54.5 Å². The Morgan fingerprint density at radius 3 is 2.48 bits per heavy atom. The van der Waals surface area contributed by atoms with Crippen LogP contribution in [0.1, 0.15) is 10.4 Å². The molecule has 1 N–H and O–H groups in total. The number of carbonyl (C=O) groups excluding carboxylic acids is 1. The number of hydrogen-bond donors (Lipinski definition) is 1. The van der Waals surface area contributed by atoms with E-state index >= 15 is 0 Å². The summed E-state index contributed by atoms with van der Waals surface area (Å²) in [7, 11) is 4.81. The maximum absolute atomic E-state index is 13.7. The Labute approximate surface area is 130 Å². The number of nitrogens with one attached hydrogen (secondary N) is 1. The van der Waals surface area contributed by atoms with Crippen LogP contribution in [0.15, 0.2) is 24.4 Å². The molecule has 0 aliphatic carbocycles. The Balaban J connectivity index is 2.43. The summed E-state index contributed by atoms with van der Waals surface area (Å²) in [4.78, 5) is 17.8. The SMILES string of the molecule is COc1nccc(N(C)C)c1NC(=O)c1ccc(F)c(F)c1F. The monoisotopic (exact) mass is 325 g/mol. The Morgan fingerprint density at radius 1 is 1.17 bits per heavy atom. The third kappa shape index (κ3) is 3.20. The van der Waals surface area contributed by atoms with Gasteiger partial charge in [-0.25, -0.2) is 18.2 Å². The fourth-order valence-electron chi connectivity index (χ4n) is 1.96. The number of hydrogen-bond acceptors (Lipinski definition) is 4. The summed E-state index contributed by atoms with van der Waals surface area (Å²) < 4.78 is 45.0. The van der Waals surface area contributed by atoms with E-state index in [-0.39, 0.29) is 11.6 Å². The maximum Gasteiger partial charge on any atom is 0.258 e. The highest BCUT2D eigenvalue weighted by atomic mass is 19.2. The van der Waals surface area contributed by atoms with Crippen molar-refractivity contribution in [3.05, 3.63) is 47.4 Å². The molecule has 0 bridgehead atoms.